The van der Waals surface area contributed by atoms with E-state index in [1.54, 1.807) is 6.92 Å². The van der Waals surface area contributed by atoms with Crippen molar-refractivity contribution in [3.05, 3.63) is 34.5 Å². The Hall–Kier alpha value is -2.13. The Balaban J connectivity index is 1.67. The Kier molecular flexibility index (Phi) is 5.92. The molecule has 3 saturated carbocycles. The van der Waals surface area contributed by atoms with Crippen molar-refractivity contribution >= 4 is 11.7 Å². The number of hydrogen-bond acceptors (Lipinski definition) is 4. The van der Waals surface area contributed by atoms with Crippen LogP contribution in [0.15, 0.2) is 23.1 Å². The molecule has 208 valence electrons. The third-order valence-corrected chi connectivity index (χ3v) is 12.6. The molecule has 0 radical (unpaired) electrons. The lowest BCUT2D eigenvalue weighted by molar-refractivity contribution is -0.182. The van der Waals surface area contributed by atoms with Crippen LogP contribution in [0.25, 0.3) is 4.85 Å². The van der Waals surface area contributed by atoms with Gasteiger partial charge in [-0.25, -0.2) is 4.85 Å². The minimum absolute atomic E-state index is 0.0126. The Morgan fingerprint density at radius 1 is 1.11 bits per heavy atom. The van der Waals surface area contributed by atoms with Gasteiger partial charge in [0.15, 0.2) is 5.78 Å². The van der Waals surface area contributed by atoms with Gasteiger partial charge in [0.2, 0.25) is 11.6 Å². The lowest BCUT2D eigenvalue weighted by Crippen LogP contribution is -2.67. The maximum atomic E-state index is 14.4. The Morgan fingerprint density at radius 2 is 1.76 bits per heavy atom. The van der Waals surface area contributed by atoms with E-state index < -0.39 is 16.4 Å². The highest BCUT2D eigenvalue weighted by atomic mass is 16.3. The number of fused-ring (bicyclic) bond motifs is 7. The number of carbonyl (C=O) groups excluding carboxylic acids is 2. The number of aliphatic hydroxyl groups is 2. The predicted octanol–water partition coefficient (Wildman–Crippen LogP) is 6.13. The van der Waals surface area contributed by atoms with Crippen LogP contribution in [0.3, 0.4) is 0 Å². The molecule has 0 aromatic rings. The van der Waals surface area contributed by atoms with Crippen LogP contribution in [0.2, 0.25) is 0 Å². The van der Waals surface area contributed by atoms with Gasteiger partial charge in [-0.1, -0.05) is 40.2 Å². The number of allylic oxidation sites excluding steroid dienone is 3. The molecule has 0 aromatic heterocycles. The molecular formula is C32H46N2O4. The molecule has 8 atom stereocenters. The van der Waals surface area contributed by atoms with Crippen LogP contribution in [0.4, 0.5) is 0 Å². The second kappa shape index (κ2) is 8.19. The zero-order chi connectivity index (χ0) is 28.1. The van der Waals surface area contributed by atoms with Crippen LogP contribution in [0.5, 0.6) is 0 Å². The topological polar surface area (TPSA) is 91.0 Å². The van der Waals surface area contributed by atoms with Crippen molar-refractivity contribution in [3.8, 4) is 0 Å². The number of hydrogen-bond donors (Lipinski definition) is 3. The van der Waals surface area contributed by atoms with E-state index in [1.165, 1.54) is 0 Å². The summed E-state index contributed by atoms with van der Waals surface area (Å²) in [5, 5.41) is 25.4. The molecule has 6 heteroatoms. The number of aliphatic hydroxyl groups excluding tert-OH is 1. The van der Waals surface area contributed by atoms with Gasteiger partial charge in [0, 0.05) is 18.4 Å². The van der Waals surface area contributed by atoms with Crippen LogP contribution in [-0.4, -0.2) is 34.0 Å². The smallest absolute Gasteiger partial charge is 0.226 e. The first-order chi connectivity index (χ1) is 17.5. The zero-order valence-corrected chi connectivity index (χ0v) is 24.3. The van der Waals surface area contributed by atoms with Crippen LogP contribution in [-0.2, 0) is 9.59 Å². The summed E-state index contributed by atoms with van der Waals surface area (Å²) in [6.45, 7) is 23.1. The molecule has 3 fully saturated rings. The number of nitrogens with one attached hydrogen (secondary N) is 1. The third kappa shape index (κ3) is 3.26. The summed E-state index contributed by atoms with van der Waals surface area (Å²) in [5.74, 6) is -0.502. The summed E-state index contributed by atoms with van der Waals surface area (Å²) in [7, 11) is 0. The fourth-order valence-corrected chi connectivity index (χ4v) is 10.3. The highest BCUT2D eigenvalue weighted by molar-refractivity contribution is 5.96. The summed E-state index contributed by atoms with van der Waals surface area (Å²) in [6.07, 6.45) is 7.98. The molecule has 0 aromatic carbocycles. The van der Waals surface area contributed by atoms with Gasteiger partial charge in [-0.05, 0) is 98.9 Å². The maximum absolute atomic E-state index is 14.4. The van der Waals surface area contributed by atoms with E-state index >= 15 is 0 Å². The fourth-order valence-electron chi connectivity index (χ4n) is 10.3. The molecule has 0 spiro atoms. The Morgan fingerprint density at radius 3 is 2.39 bits per heavy atom. The Bertz CT molecular complexity index is 1190. The van der Waals surface area contributed by atoms with Gasteiger partial charge in [-0.2, -0.15) is 0 Å². The van der Waals surface area contributed by atoms with E-state index in [0.717, 1.165) is 44.1 Å². The molecule has 0 unspecified atom stereocenters. The van der Waals surface area contributed by atoms with Crippen molar-refractivity contribution in [2.24, 2.45) is 44.8 Å². The average molecular weight is 523 g/mol. The van der Waals surface area contributed by atoms with Crippen molar-refractivity contribution in [2.45, 2.75) is 105 Å². The van der Waals surface area contributed by atoms with E-state index in [9.17, 15) is 19.8 Å². The minimum Gasteiger partial charge on any atom is -0.521 e. The summed E-state index contributed by atoms with van der Waals surface area (Å²) in [6, 6.07) is 0. The molecule has 0 heterocycles. The molecule has 3 N–H and O–H groups in total. The van der Waals surface area contributed by atoms with E-state index in [0.29, 0.717) is 19.4 Å². The molecule has 0 bridgehead atoms. The molecule has 1 amide bonds. The number of nitrogens with zero attached hydrogens (tertiary/aromatic N) is 1. The highest BCUT2D eigenvalue weighted by Crippen LogP contribution is 2.74. The molecule has 6 nitrogen and oxygen atoms in total. The predicted molar refractivity (Wildman–Crippen MR) is 147 cm³/mol. The first kappa shape index (κ1) is 27.4. The fraction of sp³-hybridized carbons (Fsp3) is 0.781. The normalized spacial score (nSPS) is 47.5. The molecule has 38 heavy (non-hydrogen) atoms. The molecule has 5 rings (SSSR count). The molecular weight excluding hydrogens is 476 g/mol. The number of ketones is 1. The first-order valence-electron chi connectivity index (χ1n) is 14.6. The Labute approximate surface area is 228 Å². The summed E-state index contributed by atoms with van der Waals surface area (Å²) < 4.78 is 0. The van der Waals surface area contributed by atoms with Crippen LogP contribution < -0.4 is 5.32 Å². The van der Waals surface area contributed by atoms with Gasteiger partial charge in [-0.15, -0.1) is 0 Å². The quantitative estimate of drug-likeness (QED) is 0.381. The van der Waals surface area contributed by atoms with Crippen molar-refractivity contribution in [2.75, 3.05) is 6.54 Å². The lowest BCUT2D eigenvalue weighted by Gasteiger charge is -2.69. The molecule has 5 aliphatic carbocycles. The van der Waals surface area contributed by atoms with Gasteiger partial charge in [0.1, 0.15) is 11.4 Å². The van der Waals surface area contributed by atoms with E-state index in [1.807, 2.05) is 13.0 Å². The van der Waals surface area contributed by atoms with E-state index in [4.69, 9.17) is 6.57 Å². The van der Waals surface area contributed by atoms with Gasteiger partial charge in [0.25, 0.3) is 0 Å². The van der Waals surface area contributed by atoms with Crippen molar-refractivity contribution in [3.63, 3.8) is 0 Å². The standard InChI is InChI=1S/C32H46N2O4/c1-9-34-26(37)32-14-12-27(2,3)17-19(32)24-21(35)16-23-28(4)18-20(33-8)25(36)31(7,38)22(28)10-11-29(23,5)30(24,6)13-15-32/h16,19,22,24,36,38H,9-15,17-18H2,1-7H3,(H,34,37)/t19-,22+,24-,28-,29+,30+,31-,32-/m0/s1. The molecule has 0 saturated heterocycles. The minimum atomic E-state index is -1.51. The third-order valence-electron chi connectivity index (χ3n) is 12.6. The monoisotopic (exact) mass is 522 g/mol. The maximum Gasteiger partial charge on any atom is 0.226 e. The lowest BCUT2D eigenvalue weighted by atomic mass is 9.34. The van der Waals surface area contributed by atoms with E-state index in [-0.39, 0.29) is 57.1 Å². The summed E-state index contributed by atoms with van der Waals surface area (Å²) in [5.41, 5.74) is -1.94. The number of carbonyl (C=O) groups is 2. The zero-order valence-electron chi connectivity index (χ0n) is 24.3. The van der Waals surface area contributed by atoms with Gasteiger partial charge < -0.3 is 15.5 Å². The summed E-state index contributed by atoms with van der Waals surface area (Å²) >= 11 is 0. The van der Waals surface area contributed by atoms with Crippen molar-refractivity contribution in [1.82, 2.24) is 5.32 Å². The van der Waals surface area contributed by atoms with Gasteiger partial charge >= 0.3 is 0 Å². The van der Waals surface area contributed by atoms with E-state index in [2.05, 4.69) is 44.8 Å². The van der Waals surface area contributed by atoms with Crippen molar-refractivity contribution < 1.29 is 19.8 Å². The molecule has 0 aliphatic heterocycles. The van der Waals surface area contributed by atoms with Crippen LogP contribution in [0.1, 0.15) is 99.8 Å². The first-order valence-corrected chi connectivity index (χ1v) is 14.6. The SMILES string of the molecule is [C-]#[N+]C1=C(O)[C@@](C)(O)[C@@H]2CC[C@]3(C)C(=CC(=O)[C@@H]4[C@@H]5CC(C)(C)CC[C@]5(C(=O)NCC)CC[C@]43C)[C@@]2(C)C1. The summed E-state index contributed by atoms with van der Waals surface area (Å²) in [4.78, 5) is 31.7. The number of amides is 1. The van der Waals surface area contributed by atoms with Crippen molar-refractivity contribution in [1.29, 1.82) is 0 Å². The van der Waals surface area contributed by atoms with Crippen LogP contribution in [0, 0.1) is 51.4 Å². The van der Waals surface area contributed by atoms with Gasteiger partial charge in [0.05, 0.1) is 12.0 Å². The van der Waals surface area contributed by atoms with Gasteiger partial charge in [-0.3, -0.25) is 9.59 Å². The second-order valence-electron chi connectivity index (χ2n) is 14.9. The second-order valence-corrected chi connectivity index (χ2v) is 14.9. The molecule has 5 aliphatic rings. The highest BCUT2D eigenvalue weighted by Gasteiger charge is 2.71. The number of rotatable bonds is 2. The average Bonchev–Trinajstić information content (AvgIpc) is 2.82. The van der Waals surface area contributed by atoms with Crippen LogP contribution >= 0.6 is 0 Å². The largest absolute Gasteiger partial charge is 0.521 e.